The van der Waals surface area contributed by atoms with E-state index in [9.17, 15) is 9.59 Å². The summed E-state index contributed by atoms with van der Waals surface area (Å²) in [6, 6.07) is 20.4. The predicted molar refractivity (Wildman–Crippen MR) is 142 cm³/mol. The summed E-state index contributed by atoms with van der Waals surface area (Å²) >= 11 is 2.81. The molecular weight excluding hydrogens is 492 g/mol. The number of hydrogen-bond donors (Lipinski definition) is 0. The largest absolute Gasteiger partial charge is 0.494 e. The van der Waals surface area contributed by atoms with Gasteiger partial charge in [-0.1, -0.05) is 59.9 Å². The van der Waals surface area contributed by atoms with Crippen molar-refractivity contribution in [1.82, 2.24) is 4.57 Å². The monoisotopic (exact) mass is 516 g/mol. The molecule has 182 valence electrons. The molecule has 0 spiro atoms. The van der Waals surface area contributed by atoms with Gasteiger partial charge in [-0.15, -0.1) is 11.3 Å². The number of nitrogens with zero attached hydrogens (tertiary/aromatic N) is 2. The number of benzene rings is 2. The van der Waals surface area contributed by atoms with Crippen molar-refractivity contribution < 1.29 is 14.3 Å². The molecule has 6 nitrogen and oxygen atoms in total. The van der Waals surface area contributed by atoms with Crippen molar-refractivity contribution in [2.75, 3.05) is 6.61 Å². The standard InChI is InChI=1S/C28H24N2O4S2/c1-3-33-21-13-11-19(12-14-21)16-23-26(31)30-25(22-10-7-15-35-22)24(18(2)29-28(30)36-23)27(32)34-17-20-8-5-4-6-9-20/h4-16,25H,3,17H2,1-2H3. The Bertz CT molecular complexity index is 1580. The van der Waals surface area contributed by atoms with Gasteiger partial charge in [-0.2, -0.15) is 0 Å². The molecule has 8 heteroatoms. The first kappa shape index (κ1) is 24.0. The minimum Gasteiger partial charge on any atom is -0.494 e. The van der Waals surface area contributed by atoms with Crippen LogP contribution in [0.1, 0.15) is 35.9 Å². The van der Waals surface area contributed by atoms with Crippen molar-refractivity contribution >= 4 is 34.7 Å². The van der Waals surface area contributed by atoms with Gasteiger partial charge in [0.25, 0.3) is 5.56 Å². The van der Waals surface area contributed by atoms with Crippen LogP contribution >= 0.6 is 22.7 Å². The van der Waals surface area contributed by atoms with Gasteiger partial charge in [0.2, 0.25) is 0 Å². The van der Waals surface area contributed by atoms with Crippen LogP contribution in [0.15, 0.2) is 93.2 Å². The highest BCUT2D eigenvalue weighted by molar-refractivity contribution is 7.10. The fourth-order valence-electron chi connectivity index (χ4n) is 4.08. The van der Waals surface area contributed by atoms with Crippen LogP contribution in [0.4, 0.5) is 0 Å². The molecule has 0 N–H and O–H groups in total. The lowest BCUT2D eigenvalue weighted by molar-refractivity contribution is -0.140. The van der Waals surface area contributed by atoms with Crippen LogP contribution in [-0.4, -0.2) is 17.1 Å². The molecule has 3 heterocycles. The highest BCUT2D eigenvalue weighted by Gasteiger charge is 2.34. The first-order valence-corrected chi connectivity index (χ1v) is 13.2. The van der Waals surface area contributed by atoms with E-state index < -0.39 is 12.0 Å². The van der Waals surface area contributed by atoms with Crippen molar-refractivity contribution in [1.29, 1.82) is 0 Å². The van der Waals surface area contributed by atoms with Gasteiger partial charge in [-0.3, -0.25) is 9.36 Å². The second kappa shape index (κ2) is 10.5. The number of allylic oxidation sites excluding steroid dienone is 1. The summed E-state index contributed by atoms with van der Waals surface area (Å²) in [5, 5.41) is 1.94. The highest BCUT2D eigenvalue weighted by atomic mass is 32.1. The molecule has 2 aromatic carbocycles. The van der Waals surface area contributed by atoms with Crippen molar-refractivity contribution in [2.24, 2.45) is 4.99 Å². The third-order valence-corrected chi connectivity index (χ3v) is 7.66. The zero-order chi connectivity index (χ0) is 25.1. The summed E-state index contributed by atoms with van der Waals surface area (Å²) in [5.41, 5.74) is 2.53. The Kier molecular flexibility index (Phi) is 6.97. The molecule has 36 heavy (non-hydrogen) atoms. The molecule has 0 amide bonds. The molecule has 2 aromatic heterocycles. The average molecular weight is 517 g/mol. The molecule has 1 aliphatic heterocycles. The van der Waals surface area contributed by atoms with Gasteiger partial charge in [0.15, 0.2) is 4.80 Å². The molecule has 1 unspecified atom stereocenters. The normalized spacial score (nSPS) is 15.4. The van der Waals surface area contributed by atoms with E-state index in [2.05, 4.69) is 4.99 Å². The zero-order valence-corrected chi connectivity index (χ0v) is 21.5. The summed E-state index contributed by atoms with van der Waals surface area (Å²) < 4.78 is 13.3. The van der Waals surface area contributed by atoms with Gasteiger partial charge < -0.3 is 9.47 Å². The second-order valence-electron chi connectivity index (χ2n) is 8.16. The summed E-state index contributed by atoms with van der Waals surface area (Å²) in [7, 11) is 0. The average Bonchev–Trinajstić information content (AvgIpc) is 3.52. The maximum absolute atomic E-state index is 13.6. The van der Waals surface area contributed by atoms with Gasteiger partial charge >= 0.3 is 5.97 Å². The molecular formula is C28H24N2O4S2. The summed E-state index contributed by atoms with van der Waals surface area (Å²) in [4.78, 5) is 33.1. The Morgan fingerprint density at radius 3 is 2.56 bits per heavy atom. The van der Waals surface area contributed by atoms with Crippen LogP contribution in [0.3, 0.4) is 0 Å². The number of ether oxygens (including phenoxy) is 2. The van der Waals surface area contributed by atoms with Crippen molar-refractivity contribution in [3.63, 3.8) is 0 Å². The number of carbonyl (C=O) groups excluding carboxylic acids is 1. The maximum Gasteiger partial charge on any atom is 0.338 e. The number of hydrogen-bond acceptors (Lipinski definition) is 7. The lowest BCUT2D eigenvalue weighted by Gasteiger charge is -2.23. The number of thiazole rings is 1. The van der Waals surface area contributed by atoms with Crippen LogP contribution in [0.2, 0.25) is 0 Å². The minimum atomic E-state index is -0.591. The smallest absolute Gasteiger partial charge is 0.338 e. The predicted octanol–water partition coefficient (Wildman–Crippen LogP) is 4.44. The number of rotatable bonds is 7. The zero-order valence-electron chi connectivity index (χ0n) is 19.8. The van der Waals surface area contributed by atoms with Gasteiger partial charge in [0.05, 0.1) is 22.4 Å². The Labute approximate surface area is 216 Å². The number of aromatic nitrogens is 1. The van der Waals surface area contributed by atoms with E-state index in [1.807, 2.05) is 85.1 Å². The van der Waals surface area contributed by atoms with E-state index in [1.165, 1.54) is 22.7 Å². The highest BCUT2D eigenvalue weighted by Crippen LogP contribution is 2.33. The molecule has 5 rings (SSSR count). The van der Waals surface area contributed by atoms with E-state index >= 15 is 0 Å². The van der Waals surface area contributed by atoms with Crippen molar-refractivity contribution in [3.8, 4) is 5.75 Å². The molecule has 0 aliphatic carbocycles. The second-order valence-corrected chi connectivity index (χ2v) is 10.1. The summed E-state index contributed by atoms with van der Waals surface area (Å²) in [6.45, 7) is 4.47. The molecule has 0 radical (unpaired) electrons. The molecule has 0 saturated carbocycles. The van der Waals surface area contributed by atoms with Crippen LogP contribution in [0.25, 0.3) is 6.08 Å². The Morgan fingerprint density at radius 1 is 1.08 bits per heavy atom. The van der Waals surface area contributed by atoms with Crippen LogP contribution in [-0.2, 0) is 16.1 Å². The lowest BCUT2D eigenvalue weighted by Crippen LogP contribution is -2.39. The van der Waals surface area contributed by atoms with Gasteiger partial charge in [-0.25, -0.2) is 9.79 Å². The van der Waals surface area contributed by atoms with E-state index in [1.54, 1.807) is 11.5 Å². The van der Waals surface area contributed by atoms with Crippen molar-refractivity contribution in [2.45, 2.75) is 26.5 Å². The van der Waals surface area contributed by atoms with Crippen LogP contribution in [0, 0.1) is 0 Å². The fourth-order valence-corrected chi connectivity index (χ4v) is 5.95. The first-order valence-electron chi connectivity index (χ1n) is 11.5. The number of thiophene rings is 1. The number of esters is 1. The molecule has 0 saturated heterocycles. The maximum atomic E-state index is 13.6. The van der Waals surface area contributed by atoms with E-state index in [0.717, 1.165) is 21.8 Å². The quantitative estimate of drug-likeness (QED) is 0.341. The summed E-state index contributed by atoms with van der Waals surface area (Å²) in [6.07, 6.45) is 1.85. The Balaban J connectivity index is 1.54. The Hall–Kier alpha value is -3.75. The molecule has 1 aliphatic rings. The van der Waals surface area contributed by atoms with E-state index in [4.69, 9.17) is 9.47 Å². The van der Waals surface area contributed by atoms with Gasteiger partial charge in [0, 0.05) is 4.88 Å². The SMILES string of the molecule is CCOc1ccc(C=c2sc3n(c2=O)C(c2cccs2)C(C(=O)OCc2ccccc2)=C(C)N=3)cc1. The van der Waals surface area contributed by atoms with Crippen molar-refractivity contribution in [3.05, 3.63) is 119 Å². The third kappa shape index (κ3) is 4.82. The fraction of sp³-hybridized carbons (Fsp3) is 0.179. The molecule has 4 aromatic rings. The first-order chi connectivity index (χ1) is 17.5. The topological polar surface area (TPSA) is 69.9 Å². The molecule has 0 fully saturated rings. The molecule has 0 bridgehead atoms. The Morgan fingerprint density at radius 2 is 1.86 bits per heavy atom. The van der Waals surface area contributed by atoms with Gasteiger partial charge in [0.1, 0.15) is 18.4 Å². The number of carbonyl (C=O) groups is 1. The van der Waals surface area contributed by atoms with Gasteiger partial charge in [-0.05, 0) is 54.6 Å². The summed E-state index contributed by atoms with van der Waals surface area (Å²) in [5.74, 6) is 0.308. The van der Waals surface area contributed by atoms with Crippen LogP contribution < -0.4 is 19.6 Å². The third-order valence-electron chi connectivity index (χ3n) is 5.76. The lowest BCUT2D eigenvalue weighted by atomic mass is 10.0. The molecule has 1 atom stereocenters. The number of fused-ring (bicyclic) bond motifs is 1. The van der Waals surface area contributed by atoms with Crippen LogP contribution in [0.5, 0.6) is 5.75 Å². The van der Waals surface area contributed by atoms with E-state index in [-0.39, 0.29) is 12.2 Å². The minimum absolute atomic E-state index is 0.149. The van der Waals surface area contributed by atoms with E-state index in [0.29, 0.717) is 27.2 Å².